The Labute approximate surface area is 167 Å². The van der Waals surface area contributed by atoms with Gasteiger partial charge in [-0.25, -0.2) is 0 Å². The minimum atomic E-state index is -0.442. The molecule has 0 atom stereocenters. The number of carbonyl (C=O) groups is 2. The highest BCUT2D eigenvalue weighted by molar-refractivity contribution is 5.82. The highest BCUT2D eigenvalue weighted by Crippen LogP contribution is 2.43. The zero-order valence-corrected chi connectivity index (χ0v) is 17.2. The van der Waals surface area contributed by atoms with Gasteiger partial charge in [-0.05, 0) is 30.5 Å². The van der Waals surface area contributed by atoms with Gasteiger partial charge in [-0.15, -0.1) is 0 Å². The second kappa shape index (κ2) is 8.41. The van der Waals surface area contributed by atoms with Gasteiger partial charge >= 0.3 is 0 Å². The minimum Gasteiger partial charge on any atom is -0.486 e. The lowest BCUT2D eigenvalue weighted by atomic mass is 9.78. The first-order valence-electron chi connectivity index (χ1n) is 10.3. The summed E-state index contributed by atoms with van der Waals surface area (Å²) in [6.45, 7) is 7.70. The maximum Gasteiger partial charge on any atom is 0.225 e. The fourth-order valence-electron chi connectivity index (χ4n) is 3.90. The zero-order chi connectivity index (χ0) is 20.2. The highest BCUT2D eigenvalue weighted by Gasteiger charge is 2.36. The SMILES string of the molecule is CC(C)(C)C(=O)NCCC(=O)NCC1(c2ccc3c(c2)OCCO3)CCCC1. The molecule has 0 radical (unpaired) electrons. The van der Waals surface area contributed by atoms with Crippen LogP contribution in [0.3, 0.4) is 0 Å². The summed E-state index contributed by atoms with van der Waals surface area (Å²) in [5.74, 6) is 1.52. The average molecular weight is 389 g/mol. The van der Waals surface area contributed by atoms with E-state index >= 15 is 0 Å². The summed E-state index contributed by atoms with van der Waals surface area (Å²) in [7, 11) is 0. The number of benzene rings is 1. The van der Waals surface area contributed by atoms with Gasteiger partial charge in [0.1, 0.15) is 13.2 Å². The lowest BCUT2D eigenvalue weighted by Crippen LogP contribution is -2.41. The number of hydrogen-bond acceptors (Lipinski definition) is 4. The van der Waals surface area contributed by atoms with Gasteiger partial charge in [0.25, 0.3) is 0 Å². The number of fused-ring (bicyclic) bond motifs is 1. The number of nitrogens with one attached hydrogen (secondary N) is 2. The fraction of sp³-hybridized carbons (Fsp3) is 0.636. The van der Waals surface area contributed by atoms with E-state index < -0.39 is 5.41 Å². The van der Waals surface area contributed by atoms with Crippen LogP contribution < -0.4 is 20.1 Å². The van der Waals surface area contributed by atoms with E-state index in [1.54, 1.807) is 0 Å². The van der Waals surface area contributed by atoms with Crippen molar-refractivity contribution in [2.45, 2.75) is 58.3 Å². The van der Waals surface area contributed by atoms with Gasteiger partial charge in [-0.3, -0.25) is 9.59 Å². The Morgan fingerprint density at radius 1 is 1.04 bits per heavy atom. The van der Waals surface area contributed by atoms with Gasteiger partial charge in [-0.2, -0.15) is 0 Å². The third-order valence-corrected chi connectivity index (χ3v) is 5.66. The zero-order valence-electron chi connectivity index (χ0n) is 17.2. The lowest BCUT2D eigenvalue weighted by molar-refractivity contribution is -0.128. The van der Waals surface area contributed by atoms with Crippen LogP contribution in [0.2, 0.25) is 0 Å². The molecule has 1 aromatic rings. The number of ether oxygens (including phenoxy) is 2. The summed E-state index contributed by atoms with van der Waals surface area (Å²) in [5.41, 5.74) is 0.707. The van der Waals surface area contributed by atoms with Crippen molar-refractivity contribution in [2.75, 3.05) is 26.3 Å². The molecule has 2 amide bonds. The van der Waals surface area contributed by atoms with E-state index in [9.17, 15) is 9.59 Å². The van der Waals surface area contributed by atoms with Gasteiger partial charge in [0.15, 0.2) is 11.5 Å². The van der Waals surface area contributed by atoms with Crippen LogP contribution in [0.4, 0.5) is 0 Å². The highest BCUT2D eigenvalue weighted by atomic mass is 16.6. The largest absolute Gasteiger partial charge is 0.486 e. The van der Waals surface area contributed by atoms with Crippen LogP contribution in [0.15, 0.2) is 18.2 Å². The second-order valence-corrected chi connectivity index (χ2v) is 8.88. The van der Waals surface area contributed by atoms with Gasteiger partial charge in [0.2, 0.25) is 11.8 Å². The summed E-state index contributed by atoms with van der Waals surface area (Å²) < 4.78 is 11.4. The summed E-state index contributed by atoms with van der Waals surface area (Å²) in [5, 5.41) is 5.92. The maximum absolute atomic E-state index is 12.3. The molecule has 0 aromatic heterocycles. The minimum absolute atomic E-state index is 0.0296. The van der Waals surface area contributed by atoms with Crippen molar-refractivity contribution < 1.29 is 19.1 Å². The van der Waals surface area contributed by atoms with Gasteiger partial charge in [0.05, 0.1) is 0 Å². The molecular weight excluding hydrogens is 356 g/mol. The van der Waals surface area contributed by atoms with Gasteiger partial charge in [-0.1, -0.05) is 39.7 Å². The predicted octanol–water partition coefficient (Wildman–Crippen LogP) is 2.94. The summed E-state index contributed by atoms with van der Waals surface area (Å²) >= 11 is 0. The van der Waals surface area contributed by atoms with Crippen LogP contribution in [-0.2, 0) is 15.0 Å². The maximum atomic E-state index is 12.3. The second-order valence-electron chi connectivity index (χ2n) is 8.88. The Bertz CT molecular complexity index is 718. The molecule has 1 aromatic carbocycles. The van der Waals surface area contributed by atoms with E-state index in [2.05, 4.69) is 22.8 Å². The predicted molar refractivity (Wildman–Crippen MR) is 108 cm³/mol. The monoisotopic (exact) mass is 388 g/mol. The average Bonchev–Trinajstić information content (AvgIpc) is 3.15. The Kier molecular flexibility index (Phi) is 6.16. The van der Waals surface area contributed by atoms with Crippen molar-refractivity contribution >= 4 is 11.8 Å². The molecule has 2 aliphatic rings. The molecule has 154 valence electrons. The normalized spacial score (nSPS) is 17.8. The fourth-order valence-corrected chi connectivity index (χ4v) is 3.90. The van der Waals surface area contributed by atoms with Gasteiger partial charge in [0, 0.05) is 30.3 Å². The van der Waals surface area contributed by atoms with E-state index in [4.69, 9.17) is 9.47 Å². The molecule has 3 rings (SSSR count). The van der Waals surface area contributed by atoms with Crippen LogP contribution in [0.25, 0.3) is 0 Å². The molecule has 1 saturated carbocycles. The Morgan fingerprint density at radius 2 is 1.71 bits per heavy atom. The van der Waals surface area contributed by atoms with Crippen LogP contribution in [0, 0.1) is 5.41 Å². The van der Waals surface area contributed by atoms with E-state index in [1.165, 1.54) is 5.56 Å². The molecule has 1 aliphatic heterocycles. The molecule has 1 fully saturated rings. The Balaban J connectivity index is 1.57. The Hall–Kier alpha value is -2.24. The van der Waals surface area contributed by atoms with Crippen molar-refractivity contribution in [3.8, 4) is 11.5 Å². The van der Waals surface area contributed by atoms with Crippen molar-refractivity contribution in [3.05, 3.63) is 23.8 Å². The first-order valence-corrected chi connectivity index (χ1v) is 10.3. The number of carbonyl (C=O) groups excluding carboxylic acids is 2. The third-order valence-electron chi connectivity index (χ3n) is 5.66. The Morgan fingerprint density at radius 3 is 2.39 bits per heavy atom. The summed E-state index contributed by atoms with van der Waals surface area (Å²) in [4.78, 5) is 24.2. The topological polar surface area (TPSA) is 76.7 Å². The molecule has 6 heteroatoms. The van der Waals surface area contributed by atoms with E-state index in [-0.39, 0.29) is 17.2 Å². The lowest BCUT2D eigenvalue weighted by Gasteiger charge is -2.31. The third kappa shape index (κ3) is 4.78. The molecule has 0 unspecified atom stereocenters. The van der Waals surface area contributed by atoms with Crippen molar-refractivity contribution in [3.63, 3.8) is 0 Å². The molecule has 0 saturated heterocycles. The quantitative estimate of drug-likeness (QED) is 0.786. The first-order chi connectivity index (χ1) is 13.3. The van der Waals surface area contributed by atoms with E-state index in [1.807, 2.05) is 26.8 Å². The molecule has 1 aliphatic carbocycles. The van der Waals surface area contributed by atoms with Gasteiger partial charge < -0.3 is 20.1 Å². The number of rotatable bonds is 6. The van der Waals surface area contributed by atoms with Crippen LogP contribution in [-0.4, -0.2) is 38.1 Å². The molecule has 0 spiro atoms. The van der Waals surface area contributed by atoms with Crippen LogP contribution in [0.1, 0.15) is 58.4 Å². The van der Waals surface area contributed by atoms with E-state index in [0.29, 0.717) is 32.7 Å². The van der Waals surface area contributed by atoms with Crippen molar-refractivity contribution in [1.29, 1.82) is 0 Å². The van der Waals surface area contributed by atoms with Crippen LogP contribution in [0.5, 0.6) is 11.5 Å². The first kappa shape index (κ1) is 20.5. The number of hydrogen-bond donors (Lipinski definition) is 2. The molecule has 0 bridgehead atoms. The summed E-state index contributed by atoms with van der Waals surface area (Å²) in [6, 6.07) is 6.16. The van der Waals surface area contributed by atoms with Crippen molar-refractivity contribution in [2.24, 2.45) is 5.41 Å². The number of amides is 2. The smallest absolute Gasteiger partial charge is 0.225 e. The summed E-state index contributed by atoms with van der Waals surface area (Å²) in [6.07, 6.45) is 4.71. The molecular formula is C22H32N2O4. The standard InChI is InChI=1S/C22H32N2O4/c1-21(2,3)20(26)23-11-8-19(25)24-15-22(9-4-5-10-22)16-6-7-17-18(14-16)28-13-12-27-17/h6-7,14H,4-5,8-13,15H2,1-3H3,(H,23,26)(H,24,25). The molecule has 6 nitrogen and oxygen atoms in total. The van der Waals surface area contributed by atoms with Crippen molar-refractivity contribution in [1.82, 2.24) is 10.6 Å². The van der Waals surface area contributed by atoms with E-state index in [0.717, 1.165) is 37.2 Å². The molecule has 2 N–H and O–H groups in total. The molecule has 1 heterocycles. The molecule has 28 heavy (non-hydrogen) atoms. The van der Waals surface area contributed by atoms with Crippen LogP contribution >= 0.6 is 0 Å².